The number of thiazole rings is 1. The molecular formula is C20H17F3N2OS. The molecule has 2 heterocycles. The third-order valence-electron chi connectivity index (χ3n) is 4.47. The van der Waals surface area contributed by atoms with Crippen molar-refractivity contribution in [1.29, 1.82) is 0 Å². The number of hydrogen-bond acceptors (Lipinski definition) is 3. The van der Waals surface area contributed by atoms with Crippen LogP contribution in [0, 0.1) is 17.5 Å². The first-order valence-corrected chi connectivity index (χ1v) is 9.54. The van der Waals surface area contributed by atoms with Crippen LogP contribution in [0.2, 0.25) is 0 Å². The largest absolute Gasteiger partial charge is 0.376 e. The fourth-order valence-electron chi connectivity index (χ4n) is 3.11. The molecular weight excluding hydrogens is 373 g/mol. The highest BCUT2D eigenvalue weighted by molar-refractivity contribution is 7.07. The molecule has 3 nitrogen and oxygen atoms in total. The fourth-order valence-corrected chi connectivity index (χ4v) is 4.04. The first-order valence-electron chi connectivity index (χ1n) is 8.66. The Morgan fingerprint density at radius 2 is 1.85 bits per heavy atom. The van der Waals surface area contributed by atoms with Crippen LogP contribution in [0.4, 0.5) is 18.9 Å². The van der Waals surface area contributed by atoms with E-state index < -0.39 is 11.6 Å². The van der Waals surface area contributed by atoms with Crippen LogP contribution >= 0.6 is 11.3 Å². The molecule has 0 aliphatic carbocycles. The fraction of sp³-hybridized carbons (Fsp3) is 0.250. The molecule has 1 unspecified atom stereocenters. The summed E-state index contributed by atoms with van der Waals surface area (Å²) >= 11 is 1.35. The monoisotopic (exact) mass is 390 g/mol. The summed E-state index contributed by atoms with van der Waals surface area (Å²) in [6, 6.07) is 9.52. The number of halogens is 3. The lowest BCUT2D eigenvalue weighted by molar-refractivity contribution is 0.0968. The van der Waals surface area contributed by atoms with Crippen LogP contribution in [-0.4, -0.2) is 17.3 Å². The third kappa shape index (κ3) is 3.99. The normalized spacial score (nSPS) is 17.6. The van der Waals surface area contributed by atoms with E-state index in [0.717, 1.165) is 36.8 Å². The van der Waals surface area contributed by atoms with Crippen molar-refractivity contribution in [2.75, 3.05) is 6.61 Å². The van der Waals surface area contributed by atoms with Gasteiger partial charge in [0.25, 0.3) is 0 Å². The van der Waals surface area contributed by atoms with Crippen LogP contribution in [-0.2, 0) is 11.3 Å². The molecule has 0 spiro atoms. The zero-order chi connectivity index (χ0) is 18.8. The van der Waals surface area contributed by atoms with E-state index in [1.54, 1.807) is 12.1 Å². The second kappa shape index (κ2) is 7.70. The quantitative estimate of drug-likeness (QED) is 0.613. The molecule has 3 aromatic rings. The van der Waals surface area contributed by atoms with Crippen LogP contribution in [0.15, 0.2) is 52.8 Å². The van der Waals surface area contributed by atoms with E-state index in [-0.39, 0.29) is 17.6 Å². The summed E-state index contributed by atoms with van der Waals surface area (Å²) in [4.78, 5) is 4.98. The number of rotatable bonds is 4. The topological polar surface area (TPSA) is 26.5 Å². The Hall–Kier alpha value is -2.38. The summed E-state index contributed by atoms with van der Waals surface area (Å²) in [5.41, 5.74) is 1.77. The van der Waals surface area contributed by atoms with Gasteiger partial charge in [-0.3, -0.25) is 0 Å². The summed E-state index contributed by atoms with van der Waals surface area (Å²) in [5.74, 6) is -1.66. The van der Waals surface area contributed by atoms with Crippen molar-refractivity contribution in [2.45, 2.75) is 25.5 Å². The molecule has 2 aromatic carbocycles. The smallest absolute Gasteiger partial charge is 0.190 e. The van der Waals surface area contributed by atoms with Crippen molar-refractivity contribution < 1.29 is 17.9 Å². The van der Waals surface area contributed by atoms with Gasteiger partial charge in [0, 0.05) is 18.1 Å². The van der Waals surface area contributed by atoms with E-state index in [9.17, 15) is 13.2 Å². The molecule has 1 aromatic heterocycles. The first kappa shape index (κ1) is 18.0. The Balaban J connectivity index is 1.80. The van der Waals surface area contributed by atoms with Gasteiger partial charge in [0.15, 0.2) is 10.6 Å². The molecule has 1 aliphatic rings. The lowest BCUT2D eigenvalue weighted by atomic mass is 10.1. The molecule has 0 bridgehead atoms. The zero-order valence-corrected chi connectivity index (χ0v) is 15.2. The van der Waals surface area contributed by atoms with Crippen LogP contribution in [0.1, 0.15) is 12.8 Å². The lowest BCUT2D eigenvalue weighted by Gasteiger charge is -2.14. The van der Waals surface area contributed by atoms with E-state index in [4.69, 9.17) is 4.74 Å². The van der Waals surface area contributed by atoms with Gasteiger partial charge >= 0.3 is 0 Å². The lowest BCUT2D eigenvalue weighted by Crippen LogP contribution is -2.24. The highest BCUT2D eigenvalue weighted by Gasteiger charge is 2.19. The van der Waals surface area contributed by atoms with E-state index in [1.807, 2.05) is 9.95 Å². The zero-order valence-electron chi connectivity index (χ0n) is 14.4. The van der Waals surface area contributed by atoms with E-state index in [2.05, 4.69) is 4.99 Å². The average Bonchev–Trinajstić information content (AvgIpc) is 3.29. The molecule has 4 rings (SSSR count). The third-order valence-corrected chi connectivity index (χ3v) is 5.34. The molecule has 1 atom stereocenters. The molecule has 0 radical (unpaired) electrons. The predicted octanol–water partition coefficient (Wildman–Crippen LogP) is 5.05. The van der Waals surface area contributed by atoms with Gasteiger partial charge in [0.05, 0.1) is 18.3 Å². The van der Waals surface area contributed by atoms with Gasteiger partial charge in [-0.1, -0.05) is 0 Å². The van der Waals surface area contributed by atoms with Gasteiger partial charge in [0.2, 0.25) is 0 Å². The number of benzene rings is 2. The maximum atomic E-state index is 14.0. The average molecular weight is 390 g/mol. The molecule has 1 saturated heterocycles. The molecule has 140 valence electrons. The molecule has 0 saturated carbocycles. The second-order valence-electron chi connectivity index (χ2n) is 6.36. The number of aromatic nitrogens is 1. The van der Waals surface area contributed by atoms with Crippen LogP contribution in [0.3, 0.4) is 0 Å². The minimum Gasteiger partial charge on any atom is -0.376 e. The van der Waals surface area contributed by atoms with E-state index in [0.29, 0.717) is 11.3 Å². The Bertz CT molecular complexity index is 1000. The highest BCUT2D eigenvalue weighted by Crippen LogP contribution is 2.24. The van der Waals surface area contributed by atoms with Gasteiger partial charge in [0.1, 0.15) is 17.3 Å². The van der Waals surface area contributed by atoms with Crippen molar-refractivity contribution in [1.82, 2.24) is 4.57 Å². The highest BCUT2D eigenvalue weighted by atomic mass is 32.1. The standard InChI is InChI=1S/C20H17F3N2OS/c21-14-5-3-13(4-6-14)19-12-27-20(25(19)11-16-2-1-9-26-16)24-18-8-7-15(22)10-17(18)23/h3-8,10,12,16H,1-2,9,11H2. The van der Waals surface area contributed by atoms with Gasteiger partial charge in [-0.15, -0.1) is 11.3 Å². The number of hydrogen-bond donors (Lipinski definition) is 0. The van der Waals surface area contributed by atoms with Crippen molar-refractivity contribution >= 4 is 17.0 Å². The Morgan fingerprint density at radius 3 is 2.56 bits per heavy atom. The Morgan fingerprint density at radius 1 is 1.07 bits per heavy atom. The van der Waals surface area contributed by atoms with Crippen molar-refractivity contribution in [3.63, 3.8) is 0 Å². The summed E-state index contributed by atoms with van der Waals surface area (Å²) < 4.78 is 48.2. The summed E-state index contributed by atoms with van der Waals surface area (Å²) in [6.07, 6.45) is 1.99. The molecule has 27 heavy (non-hydrogen) atoms. The molecule has 0 N–H and O–H groups in total. The van der Waals surface area contributed by atoms with Crippen LogP contribution in [0.5, 0.6) is 0 Å². The van der Waals surface area contributed by atoms with Crippen molar-refractivity contribution in [3.8, 4) is 11.3 Å². The predicted molar refractivity (Wildman–Crippen MR) is 98.3 cm³/mol. The van der Waals surface area contributed by atoms with Crippen LogP contribution < -0.4 is 4.80 Å². The van der Waals surface area contributed by atoms with Crippen molar-refractivity contribution in [3.05, 3.63) is 70.1 Å². The Labute approximate surface area is 158 Å². The Kier molecular flexibility index (Phi) is 5.13. The van der Waals surface area contributed by atoms with E-state index >= 15 is 0 Å². The SMILES string of the molecule is Fc1ccc(-c2csc(=Nc3ccc(F)cc3F)n2CC2CCCO2)cc1. The summed E-state index contributed by atoms with van der Waals surface area (Å²) in [7, 11) is 0. The minimum absolute atomic E-state index is 0.0517. The minimum atomic E-state index is -0.713. The first-order chi connectivity index (χ1) is 13.1. The van der Waals surface area contributed by atoms with E-state index in [1.165, 1.54) is 35.6 Å². The molecule has 1 fully saturated rings. The van der Waals surface area contributed by atoms with Gasteiger partial charge in [-0.05, 0) is 54.8 Å². The summed E-state index contributed by atoms with van der Waals surface area (Å²) in [5, 5.41) is 1.91. The van der Waals surface area contributed by atoms with Crippen LogP contribution in [0.25, 0.3) is 11.3 Å². The van der Waals surface area contributed by atoms with Gasteiger partial charge in [-0.25, -0.2) is 18.2 Å². The number of ether oxygens (including phenoxy) is 1. The maximum absolute atomic E-state index is 14.0. The number of nitrogens with zero attached hydrogens (tertiary/aromatic N) is 2. The maximum Gasteiger partial charge on any atom is 0.190 e. The molecule has 0 amide bonds. The van der Waals surface area contributed by atoms with Gasteiger partial charge < -0.3 is 9.30 Å². The molecule has 1 aliphatic heterocycles. The molecule has 7 heteroatoms. The second-order valence-corrected chi connectivity index (χ2v) is 7.20. The van der Waals surface area contributed by atoms with Gasteiger partial charge in [-0.2, -0.15) is 0 Å². The summed E-state index contributed by atoms with van der Waals surface area (Å²) in [6.45, 7) is 1.29. The van der Waals surface area contributed by atoms with Crippen molar-refractivity contribution in [2.24, 2.45) is 4.99 Å².